The largest absolute Gasteiger partial charge is 0.481 e. The molecule has 3 N–H and O–H groups in total. The Morgan fingerprint density at radius 3 is 2.53 bits per heavy atom. The molecule has 0 bridgehead atoms. The fourth-order valence-electron chi connectivity index (χ4n) is 1.65. The van der Waals surface area contributed by atoms with Crippen LogP contribution in [0.25, 0.3) is 0 Å². The van der Waals surface area contributed by atoms with E-state index in [0.29, 0.717) is 16.3 Å². The molecule has 1 amide bonds. The maximum Gasteiger partial charge on any atom is 0.305 e. The van der Waals surface area contributed by atoms with Gasteiger partial charge in [0.15, 0.2) is 0 Å². The van der Waals surface area contributed by atoms with Crippen LogP contribution in [0.4, 0.5) is 5.69 Å². The van der Waals surface area contributed by atoms with Gasteiger partial charge in [-0.3, -0.25) is 9.59 Å². The molecule has 0 unspecified atom stereocenters. The zero-order valence-corrected chi connectivity index (χ0v) is 11.6. The Morgan fingerprint density at radius 2 is 2.05 bits per heavy atom. The van der Waals surface area contributed by atoms with Gasteiger partial charge in [0.1, 0.15) is 0 Å². The third-order valence-corrected chi connectivity index (χ3v) is 3.04. The van der Waals surface area contributed by atoms with E-state index in [0.717, 1.165) is 0 Å². The van der Waals surface area contributed by atoms with Crippen LogP contribution < -0.4 is 5.73 Å². The molecule has 0 spiro atoms. The van der Waals surface area contributed by atoms with Crippen molar-refractivity contribution in [3.05, 3.63) is 28.8 Å². The van der Waals surface area contributed by atoms with Crippen molar-refractivity contribution in [2.24, 2.45) is 0 Å². The van der Waals surface area contributed by atoms with Crippen LogP contribution >= 0.6 is 11.6 Å². The van der Waals surface area contributed by atoms with E-state index < -0.39 is 5.97 Å². The lowest BCUT2D eigenvalue weighted by atomic mass is 10.1. The van der Waals surface area contributed by atoms with Gasteiger partial charge in [-0.2, -0.15) is 0 Å². The molecule has 104 valence electrons. The van der Waals surface area contributed by atoms with E-state index in [9.17, 15) is 9.59 Å². The van der Waals surface area contributed by atoms with E-state index in [1.807, 2.05) is 13.8 Å². The Morgan fingerprint density at radius 1 is 1.42 bits per heavy atom. The molecule has 5 nitrogen and oxygen atoms in total. The Balaban J connectivity index is 2.92. The molecule has 1 aromatic carbocycles. The third kappa shape index (κ3) is 4.13. The molecule has 0 aliphatic carbocycles. The van der Waals surface area contributed by atoms with Crippen LogP contribution in [0.5, 0.6) is 0 Å². The number of aliphatic carboxylic acids is 1. The number of nitrogens with two attached hydrogens (primary N) is 1. The molecule has 0 heterocycles. The summed E-state index contributed by atoms with van der Waals surface area (Å²) < 4.78 is 0. The summed E-state index contributed by atoms with van der Waals surface area (Å²) in [4.78, 5) is 24.4. The van der Waals surface area contributed by atoms with Crippen molar-refractivity contribution in [1.82, 2.24) is 4.90 Å². The zero-order valence-electron chi connectivity index (χ0n) is 10.9. The van der Waals surface area contributed by atoms with E-state index in [4.69, 9.17) is 22.4 Å². The number of hydrogen-bond acceptors (Lipinski definition) is 3. The minimum Gasteiger partial charge on any atom is -0.481 e. The monoisotopic (exact) mass is 284 g/mol. The molecule has 0 radical (unpaired) electrons. The first-order chi connectivity index (χ1) is 8.82. The fraction of sp³-hybridized carbons (Fsp3) is 0.385. The highest BCUT2D eigenvalue weighted by molar-refractivity contribution is 6.33. The Bertz CT molecular complexity index is 489. The van der Waals surface area contributed by atoms with Gasteiger partial charge in [-0.1, -0.05) is 11.6 Å². The lowest BCUT2D eigenvalue weighted by Crippen LogP contribution is -2.38. The van der Waals surface area contributed by atoms with E-state index in [2.05, 4.69) is 0 Å². The molecule has 1 rings (SSSR count). The van der Waals surface area contributed by atoms with Crippen LogP contribution in [0.1, 0.15) is 30.6 Å². The number of halogens is 1. The van der Waals surface area contributed by atoms with Crippen LogP contribution in [-0.4, -0.2) is 34.5 Å². The van der Waals surface area contributed by atoms with Gasteiger partial charge in [0.05, 0.1) is 17.1 Å². The van der Waals surface area contributed by atoms with Crippen LogP contribution in [0.3, 0.4) is 0 Å². The lowest BCUT2D eigenvalue weighted by Gasteiger charge is -2.26. The third-order valence-electron chi connectivity index (χ3n) is 2.69. The molecule has 0 aromatic heterocycles. The second-order valence-corrected chi connectivity index (χ2v) is 4.88. The summed E-state index contributed by atoms with van der Waals surface area (Å²) in [5.41, 5.74) is 6.39. The molecule has 0 atom stereocenters. The highest BCUT2D eigenvalue weighted by atomic mass is 35.5. The number of carboxylic acids is 1. The highest BCUT2D eigenvalue weighted by Crippen LogP contribution is 2.21. The molecule has 6 heteroatoms. The van der Waals surface area contributed by atoms with Gasteiger partial charge in [0, 0.05) is 18.2 Å². The first kappa shape index (κ1) is 15.3. The molecular formula is C13H17ClN2O3. The second-order valence-electron chi connectivity index (χ2n) is 4.47. The zero-order chi connectivity index (χ0) is 14.6. The quantitative estimate of drug-likeness (QED) is 0.812. The first-order valence-corrected chi connectivity index (χ1v) is 6.28. The van der Waals surface area contributed by atoms with Gasteiger partial charge >= 0.3 is 5.97 Å². The normalized spacial score (nSPS) is 10.5. The van der Waals surface area contributed by atoms with Crippen molar-refractivity contribution >= 4 is 29.2 Å². The van der Waals surface area contributed by atoms with Gasteiger partial charge in [0.25, 0.3) is 5.91 Å². The van der Waals surface area contributed by atoms with Crippen LogP contribution in [-0.2, 0) is 4.79 Å². The van der Waals surface area contributed by atoms with Crippen molar-refractivity contribution in [1.29, 1.82) is 0 Å². The number of carboxylic acid groups (broad SMARTS) is 1. The fourth-order valence-corrected chi connectivity index (χ4v) is 1.77. The highest BCUT2D eigenvalue weighted by Gasteiger charge is 2.20. The summed E-state index contributed by atoms with van der Waals surface area (Å²) in [6.45, 7) is 3.83. The average Bonchev–Trinajstić information content (AvgIpc) is 2.31. The molecule has 19 heavy (non-hydrogen) atoms. The summed E-state index contributed by atoms with van der Waals surface area (Å²) in [5.74, 6) is -1.19. The number of anilines is 1. The van der Waals surface area contributed by atoms with Gasteiger partial charge in [-0.15, -0.1) is 0 Å². The average molecular weight is 285 g/mol. The number of nitrogens with zero attached hydrogens (tertiary/aromatic N) is 1. The molecule has 1 aromatic rings. The Kier molecular flexibility index (Phi) is 5.18. The van der Waals surface area contributed by atoms with Crippen molar-refractivity contribution in [2.75, 3.05) is 12.3 Å². The SMILES string of the molecule is CC(C)N(CCC(=O)O)C(=O)c1ccc(Cl)c(N)c1. The maximum atomic E-state index is 12.3. The number of amides is 1. The predicted molar refractivity (Wildman–Crippen MR) is 74.3 cm³/mol. The first-order valence-electron chi connectivity index (χ1n) is 5.90. The smallest absolute Gasteiger partial charge is 0.305 e. The van der Waals surface area contributed by atoms with Gasteiger partial charge in [-0.05, 0) is 32.0 Å². The number of nitrogen functional groups attached to an aromatic ring is 1. The van der Waals surface area contributed by atoms with Gasteiger partial charge in [-0.25, -0.2) is 0 Å². The molecule has 0 aliphatic rings. The second kappa shape index (κ2) is 6.43. The van der Waals surface area contributed by atoms with Crippen molar-refractivity contribution in [3.8, 4) is 0 Å². The van der Waals surface area contributed by atoms with Crippen LogP contribution in [0.15, 0.2) is 18.2 Å². The topological polar surface area (TPSA) is 83.6 Å². The van der Waals surface area contributed by atoms with Crippen molar-refractivity contribution < 1.29 is 14.7 Å². The molecular weight excluding hydrogens is 268 g/mol. The number of benzene rings is 1. The number of rotatable bonds is 5. The van der Waals surface area contributed by atoms with Crippen LogP contribution in [0, 0.1) is 0 Å². The summed E-state index contributed by atoms with van der Waals surface area (Å²) >= 11 is 5.80. The summed E-state index contributed by atoms with van der Waals surface area (Å²) in [6, 6.07) is 4.54. The minimum atomic E-state index is -0.936. The van der Waals surface area contributed by atoms with E-state index in [1.165, 1.54) is 11.0 Å². The van der Waals surface area contributed by atoms with Crippen molar-refractivity contribution in [2.45, 2.75) is 26.3 Å². The van der Waals surface area contributed by atoms with E-state index >= 15 is 0 Å². The number of carbonyl (C=O) groups is 2. The Hall–Kier alpha value is -1.75. The van der Waals surface area contributed by atoms with Crippen molar-refractivity contribution in [3.63, 3.8) is 0 Å². The maximum absolute atomic E-state index is 12.3. The van der Waals surface area contributed by atoms with Gasteiger partial charge in [0.2, 0.25) is 0 Å². The van der Waals surface area contributed by atoms with Crippen LogP contribution in [0.2, 0.25) is 5.02 Å². The van der Waals surface area contributed by atoms with Gasteiger partial charge < -0.3 is 15.7 Å². The summed E-state index contributed by atoms with van der Waals surface area (Å²) in [5, 5.41) is 9.09. The minimum absolute atomic E-state index is 0.0903. The summed E-state index contributed by atoms with van der Waals surface area (Å²) in [7, 11) is 0. The molecule has 0 fully saturated rings. The number of hydrogen-bond donors (Lipinski definition) is 2. The summed E-state index contributed by atoms with van der Waals surface area (Å²) in [6.07, 6.45) is -0.0903. The molecule has 0 saturated heterocycles. The standard InChI is InChI=1S/C13H17ClN2O3/c1-8(2)16(6-5-12(17)18)13(19)9-3-4-10(14)11(15)7-9/h3-4,7-8H,5-6,15H2,1-2H3,(H,17,18). The molecule has 0 aliphatic heterocycles. The van der Waals surface area contributed by atoms with E-state index in [-0.39, 0.29) is 24.9 Å². The molecule has 0 saturated carbocycles. The Labute approximate surface area is 117 Å². The van der Waals surface area contributed by atoms with E-state index in [1.54, 1.807) is 12.1 Å². The lowest BCUT2D eigenvalue weighted by molar-refractivity contribution is -0.137. The predicted octanol–water partition coefficient (Wildman–Crippen LogP) is 2.25. The number of carbonyl (C=O) groups excluding carboxylic acids is 1.